The van der Waals surface area contributed by atoms with Gasteiger partial charge in [-0.15, -0.1) is 0 Å². The number of hydrogen-bond acceptors (Lipinski definition) is 3. The van der Waals surface area contributed by atoms with Crippen LogP contribution in [0.4, 0.5) is 0 Å². The van der Waals surface area contributed by atoms with E-state index < -0.39 is 0 Å². The molecule has 0 aliphatic carbocycles. The summed E-state index contributed by atoms with van der Waals surface area (Å²) in [6.45, 7) is 5.76. The van der Waals surface area contributed by atoms with E-state index in [0.29, 0.717) is 25.3 Å². The number of para-hydroxylation sites is 1. The molecule has 17 heavy (non-hydrogen) atoms. The molecule has 0 bridgehead atoms. The molecule has 0 saturated carbocycles. The van der Waals surface area contributed by atoms with Crippen molar-refractivity contribution in [2.45, 2.75) is 20.0 Å². The Balaban J connectivity index is 2.19. The van der Waals surface area contributed by atoms with Gasteiger partial charge in [0, 0.05) is 0 Å². The summed E-state index contributed by atoms with van der Waals surface area (Å²) in [7, 11) is 0. The second-order valence-corrected chi connectivity index (χ2v) is 4.23. The molecule has 0 radical (unpaired) electrons. The van der Waals surface area contributed by atoms with Gasteiger partial charge in [-0.25, -0.2) is 0 Å². The van der Waals surface area contributed by atoms with Gasteiger partial charge in [-0.05, 0) is 25.5 Å². The maximum atomic E-state index is 5.68. The number of rotatable bonds is 8. The Kier molecular flexibility index (Phi) is 7.24. The van der Waals surface area contributed by atoms with Crippen molar-refractivity contribution in [1.29, 1.82) is 0 Å². The van der Waals surface area contributed by atoms with Gasteiger partial charge >= 0.3 is 0 Å². The van der Waals surface area contributed by atoms with Crippen LogP contribution in [0, 0.1) is 6.92 Å². The minimum Gasteiger partial charge on any atom is -0.491 e. The van der Waals surface area contributed by atoms with E-state index >= 15 is 0 Å². The van der Waals surface area contributed by atoms with Gasteiger partial charge in [-0.3, -0.25) is 0 Å². The van der Waals surface area contributed by atoms with Crippen LogP contribution in [-0.2, 0) is 9.47 Å². The number of hydrogen-bond donors (Lipinski definition) is 0. The van der Waals surface area contributed by atoms with Crippen molar-refractivity contribution in [3.05, 3.63) is 29.8 Å². The highest BCUT2D eigenvalue weighted by atomic mass is 79.9. The molecule has 1 atom stereocenters. The minimum atomic E-state index is 0.0635. The fourth-order valence-electron chi connectivity index (χ4n) is 1.34. The monoisotopic (exact) mass is 302 g/mol. The summed E-state index contributed by atoms with van der Waals surface area (Å²) in [4.78, 5) is 0. The lowest BCUT2D eigenvalue weighted by atomic mass is 10.2. The molecular formula is C13H19BrO3. The van der Waals surface area contributed by atoms with Crippen LogP contribution in [0.3, 0.4) is 0 Å². The fourth-order valence-corrected chi connectivity index (χ4v) is 1.57. The van der Waals surface area contributed by atoms with Crippen molar-refractivity contribution in [3.63, 3.8) is 0 Å². The normalized spacial score (nSPS) is 12.4. The average molecular weight is 303 g/mol. The maximum Gasteiger partial charge on any atom is 0.122 e. The molecule has 96 valence electrons. The number of ether oxygens (including phenoxy) is 3. The highest BCUT2D eigenvalue weighted by Crippen LogP contribution is 2.16. The lowest BCUT2D eigenvalue weighted by molar-refractivity contribution is 0.00240. The second kappa shape index (κ2) is 8.50. The molecule has 1 aromatic carbocycles. The standard InChI is InChI=1S/C13H19BrO3/c1-11-5-3-4-6-13(11)17-9-12(2)16-8-7-15-10-14/h3-6,12H,7-10H2,1-2H3. The van der Waals surface area contributed by atoms with Crippen LogP contribution in [-0.4, -0.2) is 31.4 Å². The van der Waals surface area contributed by atoms with E-state index in [-0.39, 0.29) is 6.10 Å². The summed E-state index contributed by atoms with van der Waals surface area (Å²) in [5.41, 5.74) is 1.69. The van der Waals surface area contributed by atoms with Crippen molar-refractivity contribution in [3.8, 4) is 5.75 Å². The van der Waals surface area contributed by atoms with E-state index in [1.165, 1.54) is 0 Å². The molecule has 0 N–H and O–H groups in total. The van der Waals surface area contributed by atoms with Gasteiger partial charge in [-0.1, -0.05) is 34.1 Å². The second-order valence-electron chi connectivity index (χ2n) is 3.78. The Morgan fingerprint density at radius 2 is 2.00 bits per heavy atom. The molecule has 0 fully saturated rings. The summed E-state index contributed by atoms with van der Waals surface area (Å²) in [5, 5.41) is 0. The first-order chi connectivity index (χ1) is 8.24. The van der Waals surface area contributed by atoms with E-state index in [1.54, 1.807) is 0 Å². The lowest BCUT2D eigenvalue weighted by Crippen LogP contribution is -2.20. The molecule has 3 nitrogen and oxygen atoms in total. The molecule has 0 saturated heterocycles. The molecule has 0 aliphatic rings. The third-order valence-corrected chi connectivity index (χ3v) is 2.60. The number of halogens is 1. The Hall–Kier alpha value is -0.580. The van der Waals surface area contributed by atoms with E-state index in [4.69, 9.17) is 14.2 Å². The highest BCUT2D eigenvalue weighted by molar-refractivity contribution is 9.09. The fraction of sp³-hybridized carbons (Fsp3) is 0.538. The summed E-state index contributed by atoms with van der Waals surface area (Å²) < 4.78 is 16.3. The van der Waals surface area contributed by atoms with Gasteiger partial charge in [0.25, 0.3) is 0 Å². The first-order valence-corrected chi connectivity index (χ1v) is 6.80. The summed E-state index contributed by atoms with van der Waals surface area (Å²) >= 11 is 3.18. The van der Waals surface area contributed by atoms with Crippen LogP contribution in [0.2, 0.25) is 0 Å². The summed E-state index contributed by atoms with van der Waals surface area (Å²) in [6, 6.07) is 7.97. The van der Waals surface area contributed by atoms with Crippen molar-refractivity contribution in [2.75, 3.05) is 25.3 Å². The molecule has 4 heteroatoms. The van der Waals surface area contributed by atoms with E-state index in [0.717, 1.165) is 11.3 Å². The summed E-state index contributed by atoms with van der Waals surface area (Å²) in [5.74, 6) is 0.916. The SMILES string of the molecule is Cc1ccccc1OCC(C)OCCOCBr. The average Bonchev–Trinajstić information content (AvgIpc) is 2.34. The van der Waals surface area contributed by atoms with Crippen molar-refractivity contribution in [1.82, 2.24) is 0 Å². The number of benzene rings is 1. The van der Waals surface area contributed by atoms with Crippen LogP contribution in [0.25, 0.3) is 0 Å². The summed E-state index contributed by atoms with van der Waals surface area (Å²) in [6.07, 6.45) is 0.0635. The third kappa shape index (κ3) is 6.05. The molecule has 0 aliphatic heterocycles. The Bertz CT molecular complexity index is 317. The molecule has 0 aromatic heterocycles. The molecule has 1 unspecified atom stereocenters. The van der Waals surface area contributed by atoms with E-state index in [1.807, 2.05) is 38.1 Å². The zero-order valence-electron chi connectivity index (χ0n) is 10.3. The topological polar surface area (TPSA) is 27.7 Å². The lowest BCUT2D eigenvalue weighted by Gasteiger charge is -2.15. The molecule has 0 heterocycles. The van der Waals surface area contributed by atoms with Crippen LogP contribution in [0.1, 0.15) is 12.5 Å². The smallest absolute Gasteiger partial charge is 0.122 e. The van der Waals surface area contributed by atoms with Crippen molar-refractivity contribution < 1.29 is 14.2 Å². The van der Waals surface area contributed by atoms with Crippen LogP contribution in [0.5, 0.6) is 5.75 Å². The van der Waals surface area contributed by atoms with Gasteiger partial charge in [0.1, 0.15) is 17.9 Å². The van der Waals surface area contributed by atoms with Crippen LogP contribution < -0.4 is 4.74 Å². The van der Waals surface area contributed by atoms with E-state index in [2.05, 4.69) is 15.9 Å². The Morgan fingerprint density at radius 3 is 2.71 bits per heavy atom. The Labute approximate surface area is 111 Å². The Morgan fingerprint density at radius 1 is 1.24 bits per heavy atom. The first-order valence-electron chi connectivity index (χ1n) is 5.67. The molecule has 0 spiro atoms. The van der Waals surface area contributed by atoms with Crippen LogP contribution in [0.15, 0.2) is 24.3 Å². The number of aryl methyl sites for hydroxylation is 1. The predicted molar refractivity (Wildman–Crippen MR) is 71.8 cm³/mol. The number of alkyl halides is 1. The van der Waals surface area contributed by atoms with Gasteiger partial charge in [0.05, 0.1) is 19.3 Å². The minimum absolute atomic E-state index is 0.0635. The molecule has 0 amide bonds. The molecule has 1 aromatic rings. The van der Waals surface area contributed by atoms with Gasteiger partial charge in [0.15, 0.2) is 0 Å². The maximum absolute atomic E-state index is 5.68. The predicted octanol–water partition coefficient (Wildman–Crippen LogP) is 3.15. The van der Waals surface area contributed by atoms with Gasteiger partial charge in [0.2, 0.25) is 0 Å². The third-order valence-electron chi connectivity index (χ3n) is 2.27. The largest absolute Gasteiger partial charge is 0.491 e. The van der Waals surface area contributed by atoms with E-state index in [9.17, 15) is 0 Å². The van der Waals surface area contributed by atoms with Crippen molar-refractivity contribution in [2.24, 2.45) is 0 Å². The van der Waals surface area contributed by atoms with Gasteiger partial charge < -0.3 is 14.2 Å². The molecular weight excluding hydrogens is 284 g/mol. The molecule has 1 rings (SSSR count). The quantitative estimate of drug-likeness (QED) is 0.545. The van der Waals surface area contributed by atoms with Crippen LogP contribution >= 0.6 is 15.9 Å². The van der Waals surface area contributed by atoms with Crippen molar-refractivity contribution >= 4 is 15.9 Å². The zero-order valence-corrected chi connectivity index (χ0v) is 11.9. The zero-order chi connectivity index (χ0) is 12.5. The first kappa shape index (κ1) is 14.5. The highest BCUT2D eigenvalue weighted by Gasteiger charge is 2.04. The van der Waals surface area contributed by atoms with Gasteiger partial charge in [-0.2, -0.15) is 0 Å².